The topological polar surface area (TPSA) is 151 Å². The molecule has 258 valence electrons. The Hall–Kier alpha value is -4.14. The van der Waals surface area contributed by atoms with Gasteiger partial charge in [-0.1, -0.05) is 50.3 Å². The Kier molecular flexibility index (Phi) is 9.66. The monoisotopic (exact) mass is 704 g/mol. The summed E-state index contributed by atoms with van der Waals surface area (Å²) in [5.74, 6) is -0.444. The van der Waals surface area contributed by atoms with Crippen LogP contribution in [0, 0.1) is 19.3 Å². The van der Waals surface area contributed by atoms with Crippen LogP contribution in [0.15, 0.2) is 66.0 Å². The molecule has 1 aliphatic rings. The number of nitrogens with zero attached hydrogens (tertiary/aromatic N) is 7. The van der Waals surface area contributed by atoms with Gasteiger partial charge in [-0.2, -0.15) is 4.31 Å². The molecule has 4 heterocycles. The summed E-state index contributed by atoms with van der Waals surface area (Å²) in [5, 5.41) is 11.9. The normalized spacial score (nSPS) is 17.5. The van der Waals surface area contributed by atoms with Gasteiger partial charge in [-0.25, -0.2) is 19.6 Å². The number of aryl methyl sites for hydroxylation is 3. The third-order valence-corrected chi connectivity index (χ3v) is 11.5. The van der Waals surface area contributed by atoms with Crippen LogP contribution in [0.25, 0.3) is 11.0 Å². The van der Waals surface area contributed by atoms with Gasteiger partial charge in [0.1, 0.15) is 16.5 Å². The molecule has 3 N–H and O–H groups in total. The molecule has 6 rings (SSSR count). The van der Waals surface area contributed by atoms with Gasteiger partial charge in [0, 0.05) is 25.2 Å². The van der Waals surface area contributed by atoms with Crippen LogP contribution in [0.3, 0.4) is 0 Å². The van der Waals surface area contributed by atoms with Gasteiger partial charge in [-0.15, -0.1) is 15.9 Å². The molecule has 0 spiro atoms. The second kappa shape index (κ2) is 13.6. The van der Waals surface area contributed by atoms with Crippen LogP contribution in [0.2, 0.25) is 5.28 Å². The van der Waals surface area contributed by atoms with Crippen molar-refractivity contribution in [2.45, 2.75) is 78.0 Å². The maximum atomic E-state index is 14.2. The van der Waals surface area contributed by atoms with Crippen LogP contribution >= 0.6 is 22.4 Å². The Bertz CT molecular complexity index is 2000. The standard InChI is InChI=1S/C35H41ClN8O4S/c1-7-26-20-43(49(46,47)29-10-9-15-37-32(29)48-26)19-24-16-23(12-11-21(24)3)30(27-13-14-28-31(22(27)4)41-42-44(28)8-2)35(5,6)33(45)40-25-17-38-34(36)39-18-25/h9-18,26,30,46-47H,7-8,19-20H2,1-6H3,(H,40,45). The van der Waals surface area contributed by atoms with Gasteiger partial charge in [0.15, 0.2) is 0 Å². The zero-order valence-corrected chi connectivity index (χ0v) is 30.0. The van der Waals surface area contributed by atoms with Crippen molar-refractivity contribution in [3.63, 3.8) is 0 Å². The van der Waals surface area contributed by atoms with E-state index in [1.165, 1.54) is 12.4 Å². The van der Waals surface area contributed by atoms with Crippen molar-refractivity contribution in [2.75, 3.05) is 11.9 Å². The summed E-state index contributed by atoms with van der Waals surface area (Å²) in [7, 11) is -3.43. The van der Waals surface area contributed by atoms with Gasteiger partial charge >= 0.3 is 0 Å². The van der Waals surface area contributed by atoms with E-state index in [0.29, 0.717) is 25.2 Å². The molecule has 14 heteroatoms. The molecule has 5 aromatic rings. The first-order chi connectivity index (χ1) is 23.3. The van der Waals surface area contributed by atoms with Crippen LogP contribution in [0.5, 0.6) is 5.88 Å². The first kappa shape index (κ1) is 34.7. The van der Waals surface area contributed by atoms with E-state index in [2.05, 4.69) is 42.7 Å². The smallest absolute Gasteiger partial charge is 0.239 e. The van der Waals surface area contributed by atoms with E-state index in [-0.39, 0.29) is 34.6 Å². The van der Waals surface area contributed by atoms with Crippen molar-refractivity contribution in [1.82, 2.24) is 34.3 Å². The number of benzene rings is 2. The molecule has 2 atom stereocenters. The lowest BCUT2D eigenvalue weighted by Crippen LogP contribution is -2.37. The van der Waals surface area contributed by atoms with E-state index >= 15 is 0 Å². The Labute approximate surface area is 292 Å². The fraction of sp³-hybridized carbons (Fsp3) is 0.371. The molecular formula is C35H41ClN8O4S. The van der Waals surface area contributed by atoms with Crippen molar-refractivity contribution in [2.24, 2.45) is 5.41 Å². The summed E-state index contributed by atoms with van der Waals surface area (Å²) in [6.07, 6.45) is 4.91. The number of rotatable bonds is 9. The van der Waals surface area contributed by atoms with Crippen molar-refractivity contribution in [3.05, 3.63) is 94.2 Å². The SMILES string of the molecule is CCC1CN(Cc2cc(C(c3ccc4c(nnn4CC)c3C)C(C)(C)C(=O)Nc3cnc(Cl)nc3)ccc2C)S(O)(O)c2cccnc2O1. The average Bonchev–Trinajstić information content (AvgIpc) is 3.47. The number of fused-ring (bicyclic) bond motifs is 2. The van der Waals surface area contributed by atoms with E-state index in [1.54, 1.807) is 22.6 Å². The Morgan fingerprint density at radius 1 is 1.12 bits per heavy atom. The Balaban J connectivity index is 1.45. The zero-order chi connectivity index (χ0) is 35.1. The van der Waals surface area contributed by atoms with E-state index in [0.717, 1.165) is 38.9 Å². The number of hydrogen-bond acceptors (Lipinski definition) is 10. The van der Waals surface area contributed by atoms with Crippen molar-refractivity contribution < 1.29 is 18.6 Å². The number of aromatic nitrogens is 6. The number of amides is 1. The highest BCUT2D eigenvalue weighted by molar-refractivity contribution is 8.22. The van der Waals surface area contributed by atoms with Gasteiger partial charge in [0.25, 0.3) is 0 Å². The summed E-state index contributed by atoms with van der Waals surface area (Å²) < 4.78 is 33.0. The number of hydrogen-bond donors (Lipinski definition) is 3. The summed E-state index contributed by atoms with van der Waals surface area (Å²) in [5.41, 5.74) is 5.71. The quantitative estimate of drug-likeness (QED) is 0.132. The first-order valence-corrected chi connectivity index (χ1v) is 18.1. The maximum absolute atomic E-state index is 14.2. The third-order valence-electron chi connectivity index (χ3n) is 9.36. The highest BCUT2D eigenvalue weighted by Crippen LogP contribution is 2.57. The molecule has 0 fully saturated rings. The summed E-state index contributed by atoms with van der Waals surface area (Å²) in [4.78, 5) is 26.8. The lowest BCUT2D eigenvalue weighted by molar-refractivity contribution is -0.124. The summed E-state index contributed by atoms with van der Waals surface area (Å²) in [6, 6.07) is 13.5. The van der Waals surface area contributed by atoms with Crippen LogP contribution in [0.4, 0.5) is 5.69 Å². The summed E-state index contributed by atoms with van der Waals surface area (Å²) in [6.45, 7) is 13.1. The third kappa shape index (κ3) is 6.61. The number of carbonyl (C=O) groups excluding carboxylic acids is 1. The molecule has 0 radical (unpaired) electrons. The molecule has 0 bridgehead atoms. The molecule has 1 aliphatic heterocycles. The molecular weight excluding hydrogens is 664 g/mol. The zero-order valence-electron chi connectivity index (χ0n) is 28.4. The largest absolute Gasteiger partial charge is 0.472 e. The number of ether oxygens (including phenoxy) is 1. The second-order valence-corrected chi connectivity index (χ2v) is 15.2. The van der Waals surface area contributed by atoms with Crippen LogP contribution < -0.4 is 10.1 Å². The van der Waals surface area contributed by atoms with Crippen LogP contribution in [-0.2, 0) is 17.9 Å². The van der Waals surface area contributed by atoms with Gasteiger partial charge in [-0.05, 0) is 84.8 Å². The van der Waals surface area contributed by atoms with E-state index in [1.807, 2.05) is 64.4 Å². The highest BCUT2D eigenvalue weighted by Gasteiger charge is 2.41. The summed E-state index contributed by atoms with van der Waals surface area (Å²) >= 11 is 5.90. The number of halogens is 1. The van der Waals surface area contributed by atoms with Crippen molar-refractivity contribution in [1.29, 1.82) is 0 Å². The lowest BCUT2D eigenvalue weighted by Gasteiger charge is -2.42. The first-order valence-electron chi connectivity index (χ1n) is 16.2. The fourth-order valence-electron chi connectivity index (χ4n) is 6.45. The molecule has 2 aromatic carbocycles. The predicted octanol–water partition coefficient (Wildman–Crippen LogP) is 7.40. The van der Waals surface area contributed by atoms with Gasteiger partial charge in [-0.3, -0.25) is 13.9 Å². The predicted molar refractivity (Wildman–Crippen MR) is 191 cm³/mol. The molecule has 0 saturated heterocycles. The maximum Gasteiger partial charge on any atom is 0.239 e. The number of nitrogens with one attached hydrogen (secondary N) is 1. The fourth-order valence-corrected chi connectivity index (χ4v) is 8.12. The average molecular weight is 705 g/mol. The molecule has 0 saturated carbocycles. The molecule has 2 unspecified atom stereocenters. The van der Waals surface area contributed by atoms with Crippen LogP contribution in [0.1, 0.15) is 67.9 Å². The minimum atomic E-state index is -3.43. The van der Waals surface area contributed by atoms with Gasteiger partial charge in [0.2, 0.25) is 17.1 Å². The minimum absolute atomic E-state index is 0.0870. The number of carbonyl (C=O) groups is 1. The molecule has 3 aromatic heterocycles. The molecule has 0 aliphatic carbocycles. The van der Waals surface area contributed by atoms with E-state index in [9.17, 15) is 13.9 Å². The van der Waals surface area contributed by atoms with Gasteiger partial charge < -0.3 is 10.1 Å². The Morgan fingerprint density at radius 2 is 1.88 bits per heavy atom. The van der Waals surface area contributed by atoms with Crippen molar-refractivity contribution in [3.8, 4) is 5.88 Å². The number of anilines is 1. The number of pyridine rings is 1. The van der Waals surface area contributed by atoms with Crippen LogP contribution in [-0.4, -0.2) is 61.9 Å². The molecule has 1 amide bonds. The van der Waals surface area contributed by atoms with Crippen molar-refractivity contribution >= 4 is 45.0 Å². The highest BCUT2D eigenvalue weighted by atomic mass is 35.5. The van der Waals surface area contributed by atoms with E-state index < -0.39 is 22.1 Å². The Morgan fingerprint density at radius 3 is 2.59 bits per heavy atom. The lowest BCUT2D eigenvalue weighted by atomic mass is 9.69. The molecule has 12 nitrogen and oxygen atoms in total. The molecule has 49 heavy (non-hydrogen) atoms. The van der Waals surface area contributed by atoms with Gasteiger partial charge in [0.05, 0.1) is 35.6 Å². The second-order valence-electron chi connectivity index (χ2n) is 12.9. The minimum Gasteiger partial charge on any atom is -0.472 e. The van der Waals surface area contributed by atoms with E-state index in [4.69, 9.17) is 16.3 Å².